The van der Waals surface area contributed by atoms with Gasteiger partial charge in [0.05, 0.1) is 0 Å². The van der Waals surface area contributed by atoms with E-state index in [1.807, 2.05) is 11.8 Å². The first-order valence-electron chi connectivity index (χ1n) is 8.33. The van der Waals surface area contributed by atoms with E-state index in [9.17, 15) is 9.59 Å². The van der Waals surface area contributed by atoms with Crippen LogP contribution in [0.5, 0.6) is 0 Å². The Labute approximate surface area is 162 Å². The van der Waals surface area contributed by atoms with Crippen molar-refractivity contribution < 1.29 is 9.59 Å². The fourth-order valence-corrected chi connectivity index (χ4v) is 3.42. The van der Waals surface area contributed by atoms with Gasteiger partial charge in [-0.1, -0.05) is 23.2 Å². The van der Waals surface area contributed by atoms with Crippen LogP contribution >= 0.6 is 23.2 Å². The minimum Gasteiger partial charge on any atom is -0.333 e. The highest BCUT2D eigenvalue weighted by Gasteiger charge is 2.23. The van der Waals surface area contributed by atoms with Gasteiger partial charge in [-0.05, 0) is 49.4 Å². The highest BCUT2D eigenvalue weighted by Crippen LogP contribution is 2.20. The molecule has 0 aliphatic carbocycles. The van der Waals surface area contributed by atoms with Crippen molar-refractivity contribution in [2.24, 2.45) is 0 Å². The molecule has 1 atom stereocenters. The van der Waals surface area contributed by atoms with Crippen molar-refractivity contribution >= 4 is 40.7 Å². The zero-order valence-corrected chi connectivity index (χ0v) is 15.8. The lowest BCUT2D eigenvalue weighted by atomic mass is 10.1. The Hall–Kier alpha value is -2.08. The van der Waals surface area contributed by atoms with Gasteiger partial charge in [0.25, 0.3) is 11.8 Å². The summed E-state index contributed by atoms with van der Waals surface area (Å²) in [6.07, 6.45) is 0. The Morgan fingerprint density at radius 2 is 1.73 bits per heavy atom. The second kappa shape index (κ2) is 8.08. The molecular weight excluding hydrogens is 373 g/mol. The molecule has 136 valence electrons. The summed E-state index contributed by atoms with van der Waals surface area (Å²) in [6, 6.07) is 11.7. The van der Waals surface area contributed by atoms with Crippen LogP contribution in [0.1, 0.15) is 27.6 Å². The molecule has 0 spiro atoms. The molecular formula is C19H19Cl2N3O2. The van der Waals surface area contributed by atoms with E-state index in [1.165, 1.54) is 0 Å². The van der Waals surface area contributed by atoms with Crippen LogP contribution in [0.4, 0.5) is 5.69 Å². The average Bonchev–Trinajstić information content (AvgIpc) is 2.61. The maximum absolute atomic E-state index is 12.6. The lowest BCUT2D eigenvalue weighted by Gasteiger charge is -2.34. The minimum absolute atomic E-state index is 0.00139. The Morgan fingerprint density at radius 1 is 1.08 bits per heavy atom. The van der Waals surface area contributed by atoms with Crippen LogP contribution in [0.15, 0.2) is 42.5 Å². The molecule has 1 aliphatic heterocycles. The van der Waals surface area contributed by atoms with Crippen molar-refractivity contribution in [1.29, 1.82) is 0 Å². The third kappa shape index (κ3) is 4.36. The van der Waals surface area contributed by atoms with Gasteiger partial charge >= 0.3 is 0 Å². The highest BCUT2D eigenvalue weighted by atomic mass is 35.5. The maximum atomic E-state index is 12.6. The minimum atomic E-state index is -0.316. The topological polar surface area (TPSA) is 61.4 Å². The van der Waals surface area contributed by atoms with Gasteiger partial charge in [-0.2, -0.15) is 0 Å². The Kier molecular flexibility index (Phi) is 5.81. The van der Waals surface area contributed by atoms with Gasteiger partial charge in [0, 0.05) is 52.5 Å². The lowest BCUT2D eigenvalue weighted by molar-refractivity contribution is 0.0655. The van der Waals surface area contributed by atoms with Gasteiger partial charge in [0.2, 0.25) is 0 Å². The lowest BCUT2D eigenvalue weighted by Crippen LogP contribution is -2.52. The zero-order valence-electron chi connectivity index (χ0n) is 14.3. The third-order valence-corrected chi connectivity index (χ3v) is 4.71. The fourth-order valence-electron chi connectivity index (χ4n) is 2.89. The van der Waals surface area contributed by atoms with E-state index in [1.54, 1.807) is 42.5 Å². The number of piperazine rings is 1. The van der Waals surface area contributed by atoms with Gasteiger partial charge in [-0.25, -0.2) is 0 Å². The van der Waals surface area contributed by atoms with Crippen LogP contribution < -0.4 is 10.6 Å². The van der Waals surface area contributed by atoms with E-state index in [0.29, 0.717) is 33.4 Å². The Balaban J connectivity index is 1.69. The number of hydrogen-bond donors (Lipinski definition) is 2. The fraction of sp³-hybridized carbons (Fsp3) is 0.263. The molecule has 0 aromatic heterocycles. The number of carbonyl (C=O) groups is 2. The summed E-state index contributed by atoms with van der Waals surface area (Å²) in [5.74, 6) is -0.317. The summed E-state index contributed by atoms with van der Waals surface area (Å²) >= 11 is 11.9. The van der Waals surface area contributed by atoms with E-state index in [2.05, 4.69) is 10.6 Å². The van der Waals surface area contributed by atoms with E-state index in [0.717, 1.165) is 13.1 Å². The zero-order chi connectivity index (χ0) is 18.7. The summed E-state index contributed by atoms with van der Waals surface area (Å²) < 4.78 is 0. The molecule has 0 unspecified atom stereocenters. The molecule has 0 bridgehead atoms. The highest BCUT2D eigenvalue weighted by molar-refractivity contribution is 6.35. The smallest absolute Gasteiger partial charge is 0.255 e. The average molecular weight is 392 g/mol. The van der Waals surface area contributed by atoms with E-state index in [4.69, 9.17) is 23.2 Å². The number of anilines is 1. The second-order valence-corrected chi connectivity index (χ2v) is 7.11. The first kappa shape index (κ1) is 18.7. The maximum Gasteiger partial charge on any atom is 0.255 e. The number of rotatable bonds is 3. The molecule has 2 aromatic carbocycles. The van der Waals surface area contributed by atoms with Crippen molar-refractivity contribution in [2.75, 3.05) is 25.0 Å². The van der Waals surface area contributed by atoms with Crippen molar-refractivity contribution in [3.8, 4) is 0 Å². The standard InChI is InChI=1S/C19H19Cl2N3O2/c1-12-11-22-6-7-24(12)19(26)13-2-4-17(5-3-13)23-18(25)14-8-15(20)10-16(21)9-14/h2-5,8-10,12,22H,6-7,11H2,1H3,(H,23,25)/t12-/m0/s1. The number of nitrogens with one attached hydrogen (secondary N) is 2. The van der Waals surface area contributed by atoms with Crippen LogP contribution in [0, 0.1) is 0 Å². The van der Waals surface area contributed by atoms with E-state index >= 15 is 0 Å². The van der Waals surface area contributed by atoms with Crippen LogP contribution in [-0.4, -0.2) is 42.4 Å². The predicted octanol–water partition coefficient (Wildman–Crippen LogP) is 3.68. The quantitative estimate of drug-likeness (QED) is 0.838. The summed E-state index contributed by atoms with van der Waals surface area (Å²) in [7, 11) is 0. The second-order valence-electron chi connectivity index (χ2n) is 6.24. The largest absolute Gasteiger partial charge is 0.333 e. The molecule has 0 saturated carbocycles. The summed E-state index contributed by atoms with van der Waals surface area (Å²) in [5.41, 5.74) is 1.57. The van der Waals surface area contributed by atoms with Crippen molar-refractivity contribution in [1.82, 2.24) is 10.2 Å². The number of carbonyl (C=O) groups excluding carboxylic acids is 2. The van der Waals surface area contributed by atoms with Crippen LogP contribution in [0.3, 0.4) is 0 Å². The van der Waals surface area contributed by atoms with Crippen molar-refractivity contribution in [3.63, 3.8) is 0 Å². The molecule has 2 amide bonds. The normalized spacial score (nSPS) is 17.0. The first-order chi connectivity index (χ1) is 12.4. The Morgan fingerprint density at radius 3 is 2.35 bits per heavy atom. The Bertz CT molecular complexity index is 804. The number of nitrogens with zero attached hydrogens (tertiary/aromatic N) is 1. The van der Waals surface area contributed by atoms with Gasteiger partial charge in [0.15, 0.2) is 0 Å². The third-order valence-electron chi connectivity index (χ3n) is 4.28. The molecule has 0 radical (unpaired) electrons. The SMILES string of the molecule is C[C@H]1CNCCN1C(=O)c1ccc(NC(=O)c2cc(Cl)cc(Cl)c2)cc1. The summed E-state index contributed by atoms with van der Waals surface area (Å²) in [5, 5.41) is 6.83. The number of hydrogen-bond acceptors (Lipinski definition) is 3. The first-order valence-corrected chi connectivity index (χ1v) is 9.09. The van der Waals surface area contributed by atoms with Gasteiger partial charge in [-0.15, -0.1) is 0 Å². The van der Waals surface area contributed by atoms with E-state index in [-0.39, 0.29) is 17.9 Å². The predicted molar refractivity (Wildman–Crippen MR) is 104 cm³/mol. The summed E-state index contributed by atoms with van der Waals surface area (Å²) in [6.45, 7) is 4.30. The summed E-state index contributed by atoms with van der Waals surface area (Å²) in [4.78, 5) is 26.8. The molecule has 3 rings (SSSR count). The van der Waals surface area contributed by atoms with Crippen molar-refractivity contribution in [3.05, 3.63) is 63.6 Å². The number of benzene rings is 2. The monoisotopic (exact) mass is 391 g/mol. The van der Waals surface area contributed by atoms with Crippen LogP contribution in [0.2, 0.25) is 10.0 Å². The van der Waals surface area contributed by atoms with Crippen molar-refractivity contribution in [2.45, 2.75) is 13.0 Å². The number of halogens is 2. The van der Waals surface area contributed by atoms with Crippen LogP contribution in [-0.2, 0) is 0 Å². The molecule has 2 N–H and O–H groups in total. The van der Waals surface area contributed by atoms with Gasteiger partial charge < -0.3 is 15.5 Å². The van der Waals surface area contributed by atoms with Gasteiger partial charge in [0.1, 0.15) is 0 Å². The molecule has 1 heterocycles. The van der Waals surface area contributed by atoms with E-state index < -0.39 is 0 Å². The molecule has 2 aromatic rings. The number of amides is 2. The molecule has 5 nitrogen and oxygen atoms in total. The van der Waals surface area contributed by atoms with Gasteiger partial charge in [-0.3, -0.25) is 9.59 Å². The molecule has 1 saturated heterocycles. The molecule has 7 heteroatoms. The molecule has 1 fully saturated rings. The molecule has 26 heavy (non-hydrogen) atoms. The molecule has 1 aliphatic rings. The van der Waals surface area contributed by atoms with Crippen LogP contribution in [0.25, 0.3) is 0 Å².